The number of rotatable bonds is 7. The molecular weight excluding hydrogens is 232 g/mol. The van der Waals surface area contributed by atoms with Crippen LogP contribution in [-0.4, -0.2) is 32.3 Å². The van der Waals surface area contributed by atoms with Crippen molar-refractivity contribution in [1.82, 2.24) is 5.32 Å². The lowest BCUT2D eigenvalue weighted by atomic mass is 10.2. The number of nitrogens with one attached hydrogen (secondary N) is 1. The summed E-state index contributed by atoms with van der Waals surface area (Å²) >= 11 is 0. The largest absolute Gasteiger partial charge is 0.489 e. The molecule has 0 unspecified atom stereocenters. The van der Waals surface area contributed by atoms with Crippen molar-refractivity contribution in [2.45, 2.75) is 13.8 Å². The van der Waals surface area contributed by atoms with Crippen molar-refractivity contribution in [3.05, 3.63) is 23.8 Å². The highest BCUT2D eigenvalue weighted by Crippen LogP contribution is 2.22. The summed E-state index contributed by atoms with van der Waals surface area (Å²) in [7, 11) is 0. The zero-order valence-corrected chi connectivity index (χ0v) is 10.9. The maximum Gasteiger partial charge on any atom is 0.251 e. The van der Waals surface area contributed by atoms with Gasteiger partial charge in [-0.05, 0) is 32.0 Å². The van der Waals surface area contributed by atoms with E-state index in [1.807, 2.05) is 13.8 Å². The van der Waals surface area contributed by atoms with E-state index in [0.29, 0.717) is 43.4 Å². The molecule has 0 aliphatic carbocycles. The molecule has 5 nitrogen and oxygen atoms in total. The van der Waals surface area contributed by atoms with Gasteiger partial charge in [0.1, 0.15) is 12.4 Å². The van der Waals surface area contributed by atoms with E-state index < -0.39 is 0 Å². The van der Waals surface area contributed by atoms with Gasteiger partial charge in [0.15, 0.2) is 0 Å². The quantitative estimate of drug-likeness (QED) is 0.569. The molecule has 1 rings (SSSR count). The van der Waals surface area contributed by atoms with Crippen molar-refractivity contribution >= 4 is 11.6 Å². The first kappa shape index (κ1) is 14.3. The first-order valence-corrected chi connectivity index (χ1v) is 6.07. The molecule has 1 aromatic rings. The minimum atomic E-state index is -0.134. The van der Waals surface area contributed by atoms with Crippen molar-refractivity contribution in [2.75, 3.05) is 32.1 Å². The van der Waals surface area contributed by atoms with Crippen molar-refractivity contribution in [2.24, 2.45) is 0 Å². The smallest absolute Gasteiger partial charge is 0.251 e. The first-order chi connectivity index (χ1) is 8.69. The number of carbonyl (C=O) groups is 1. The van der Waals surface area contributed by atoms with Gasteiger partial charge in [0, 0.05) is 18.7 Å². The third-order valence-corrected chi connectivity index (χ3v) is 2.30. The molecule has 1 amide bonds. The second-order valence-corrected chi connectivity index (χ2v) is 3.66. The molecule has 0 spiro atoms. The fraction of sp³-hybridized carbons (Fsp3) is 0.462. The number of hydrogen-bond acceptors (Lipinski definition) is 4. The summed E-state index contributed by atoms with van der Waals surface area (Å²) in [6, 6.07) is 5.00. The van der Waals surface area contributed by atoms with Crippen LogP contribution in [0.3, 0.4) is 0 Å². The van der Waals surface area contributed by atoms with Crippen LogP contribution in [0.4, 0.5) is 5.69 Å². The van der Waals surface area contributed by atoms with Crippen LogP contribution in [-0.2, 0) is 4.74 Å². The van der Waals surface area contributed by atoms with Gasteiger partial charge >= 0.3 is 0 Å². The molecular formula is C13H20N2O3. The van der Waals surface area contributed by atoms with Crippen LogP contribution in [0.15, 0.2) is 18.2 Å². The van der Waals surface area contributed by atoms with Gasteiger partial charge in [-0.15, -0.1) is 0 Å². The zero-order chi connectivity index (χ0) is 13.4. The van der Waals surface area contributed by atoms with Crippen LogP contribution in [0, 0.1) is 0 Å². The number of hydrogen-bond donors (Lipinski definition) is 2. The Morgan fingerprint density at radius 2 is 2.11 bits per heavy atom. The predicted octanol–water partition coefficient (Wildman–Crippen LogP) is 1.43. The minimum absolute atomic E-state index is 0.134. The standard InChI is InChI=1S/C13H20N2O3/c1-3-15-13(16)10-5-6-12(11(14)9-10)18-8-7-17-4-2/h5-6,9H,3-4,7-8,14H2,1-2H3,(H,15,16). The molecule has 0 heterocycles. The molecule has 0 fully saturated rings. The number of carbonyl (C=O) groups excluding carboxylic acids is 1. The summed E-state index contributed by atoms with van der Waals surface area (Å²) in [5.74, 6) is 0.438. The maximum atomic E-state index is 11.6. The van der Waals surface area contributed by atoms with Gasteiger partial charge in [0.25, 0.3) is 5.91 Å². The SMILES string of the molecule is CCNC(=O)c1ccc(OCCOCC)c(N)c1. The van der Waals surface area contributed by atoms with E-state index in [0.717, 1.165) is 0 Å². The van der Waals surface area contributed by atoms with Crippen molar-refractivity contribution in [3.63, 3.8) is 0 Å². The summed E-state index contributed by atoms with van der Waals surface area (Å²) in [6.45, 7) is 6.01. The first-order valence-electron chi connectivity index (χ1n) is 6.07. The van der Waals surface area contributed by atoms with E-state index in [2.05, 4.69) is 5.32 Å². The van der Waals surface area contributed by atoms with E-state index >= 15 is 0 Å². The summed E-state index contributed by atoms with van der Waals surface area (Å²) in [5, 5.41) is 2.71. The lowest BCUT2D eigenvalue weighted by Gasteiger charge is -2.10. The lowest BCUT2D eigenvalue weighted by Crippen LogP contribution is -2.22. The van der Waals surface area contributed by atoms with E-state index in [1.54, 1.807) is 18.2 Å². The summed E-state index contributed by atoms with van der Waals surface area (Å²) in [4.78, 5) is 11.6. The van der Waals surface area contributed by atoms with Gasteiger partial charge in [-0.1, -0.05) is 0 Å². The molecule has 0 atom stereocenters. The fourth-order valence-corrected chi connectivity index (χ4v) is 1.44. The molecule has 1 aromatic carbocycles. The van der Waals surface area contributed by atoms with Crippen LogP contribution in [0.1, 0.15) is 24.2 Å². The van der Waals surface area contributed by atoms with Gasteiger partial charge < -0.3 is 20.5 Å². The van der Waals surface area contributed by atoms with E-state index in [4.69, 9.17) is 15.2 Å². The molecule has 0 aromatic heterocycles. The van der Waals surface area contributed by atoms with Gasteiger partial charge in [0.2, 0.25) is 0 Å². The molecule has 0 saturated heterocycles. The molecule has 0 radical (unpaired) electrons. The number of nitrogen functional groups attached to an aromatic ring is 1. The van der Waals surface area contributed by atoms with Crippen molar-refractivity contribution in [1.29, 1.82) is 0 Å². The van der Waals surface area contributed by atoms with Crippen LogP contribution in [0.25, 0.3) is 0 Å². The Morgan fingerprint density at radius 1 is 1.33 bits per heavy atom. The van der Waals surface area contributed by atoms with Crippen LogP contribution in [0.5, 0.6) is 5.75 Å². The number of anilines is 1. The van der Waals surface area contributed by atoms with Crippen LogP contribution < -0.4 is 15.8 Å². The van der Waals surface area contributed by atoms with Crippen molar-refractivity contribution < 1.29 is 14.3 Å². The van der Waals surface area contributed by atoms with Gasteiger partial charge in [-0.25, -0.2) is 0 Å². The average molecular weight is 252 g/mol. The summed E-state index contributed by atoms with van der Waals surface area (Å²) < 4.78 is 10.6. The minimum Gasteiger partial charge on any atom is -0.489 e. The number of ether oxygens (including phenoxy) is 2. The maximum absolute atomic E-state index is 11.6. The molecule has 0 saturated carbocycles. The molecule has 5 heteroatoms. The zero-order valence-electron chi connectivity index (χ0n) is 10.9. The van der Waals surface area contributed by atoms with Gasteiger partial charge in [0.05, 0.1) is 12.3 Å². The molecule has 100 valence electrons. The van der Waals surface area contributed by atoms with E-state index in [-0.39, 0.29) is 5.91 Å². The number of amides is 1. The third-order valence-electron chi connectivity index (χ3n) is 2.30. The second-order valence-electron chi connectivity index (χ2n) is 3.66. The van der Waals surface area contributed by atoms with Crippen molar-refractivity contribution in [3.8, 4) is 5.75 Å². The number of nitrogens with two attached hydrogens (primary N) is 1. The Hall–Kier alpha value is -1.75. The van der Waals surface area contributed by atoms with Crippen LogP contribution >= 0.6 is 0 Å². The van der Waals surface area contributed by atoms with E-state index in [1.165, 1.54) is 0 Å². The normalized spacial score (nSPS) is 10.1. The molecule has 18 heavy (non-hydrogen) atoms. The Bertz CT molecular complexity index is 394. The summed E-state index contributed by atoms with van der Waals surface area (Å²) in [5.41, 5.74) is 6.81. The van der Waals surface area contributed by atoms with Crippen LogP contribution in [0.2, 0.25) is 0 Å². The Labute approximate surface area is 107 Å². The topological polar surface area (TPSA) is 73.6 Å². The predicted molar refractivity (Wildman–Crippen MR) is 70.8 cm³/mol. The molecule has 3 N–H and O–H groups in total. The lowest BCUT2D eigenvalue weighted by molar-refractivity contribution is 0.0955. The van der Waals surface area contributed by atoms with E-state index in [9.17, 15) is 4.79 Å². The highest BCUT2D eigenvalue weighted by Gasteiger charge is 2.07. The highest BCUT2D eigenvalue weighted by molar-refractivity contribution is 5.95. The fourth-order valence-electron chi connectivity index (χ4n) is 1.44. The second kappa shape index (κ2) is 7.55. The number of benzene rings is 1. The van der Waals surface area contributed by atoms with Gasteiger partial charge in [-0.3, -0.25) is 4.79 Å². The average Bonchev–Trinajstić information content (AvgIpc) is 2.36. The monoisotopic (exact) mass is 252 g/mol. The molecule has 0 aliphatic rings. The third kappa shape index (κ3) is 4.25. The highest BCUT2D eigenvalue weighted by atomic mass is 16.5. The Balaban J connectivity index is 2.59. The Morgan fingerprint density at radius 3 is 2.72 bits per heavy atom. The molecule has 0 aliphatic heterocycles. The Kier molecular flexibility index (Phi) is 6.00. The van der Waals surface area contributed by atoms with Gasteiger partial charge in [-0.2, -0.15) is 0 Å². The molecule has 0 bridgehead atoms. The summed E-state index contributed by atoms with van der Waals surface area (Å²) in [6.07, 6.45) is 0.